The highest BCUT2D eigenvalue weighted by Crippen LogP contribution is 2.16. The lowest BCUT2D eigenvalue weighted by atomic mass is 10.2. The van der Waals surface area contributed by atoms with E-state index in [4.69, 9.17) is 21.6 Å². The molecule has 104 valence electrons. The van der Waals surface area contributed by atoms with Gasteiger partial charge < -0.3 is 4.74 Å². The molecule has 0 saturated carbocycles. The number of rotatable bonds is 6. The summed E-state index contributed by atoms with van der Waals surface area (Å²) >= 11 is 5.82. The van der Waals surface area contributed by atoms with Crippen molar-refractivity contribution < 1.29 is 4.74 Å². The fourth-order valence-electron chi connectivity index (χ4n) is 1.98. The van der Waals surface area contributed by atoms with Gasteiger partial charge in [-0.1, -0.05) is 11.6 Å². The van der Waals surface area contributed by atoms with Gasteiger partial charge in [0.2, 0.25) is 5.88 Å². The number of aromatic nitrogens is 1. The third kappa shape index (κ3) is 5.06. The Kier molecular flexibility index (Phi) is 6.07. The molecule has 1 aromatic rings. The largest absolute Gasteiger partial charge is 0.476 e. The number of nitriles is 1. The van der Waals surface area contributed by atoms with Crippen LogP contribution in [0.15, 0.2) is 12.1 Å². The van der Waals surface area contributed by atoms with Gasteiger partial charge in [-0.25, -0.2) is 4.98 Å². The molecule has 0 fully saturated rings. The van der Waals surface area contributed by atoms with Crippen LogP contribution >= 0.6 is 11.6 Å². The van der Waals surface area contributed by atoms with E-state index in [1.54, 1.807) is 6.07 Å². The Labute approximate surface area is 120 Å². The first-order chi connectivity index (χ1) is 8.93. The van der Waals surface area contributed by atoms with Crippen molar-refractivity contribution in [2.24, 2.45) is 0 Å². The summed E-state index contributed by atoms with van der Waals surface area (Å²) in [5.41, 5.74) is 0.458. The summed E-state index contributed by atoms with van der Waals surface area (Å²) in [4.78, 5) is 6.37. The third-order valence-electron chi connectivity index (χ3n) is 2.83. The molecule has 0 aliphatic rings. The Bertz CT molecular complexity index is 446. The van der Waals surface area contributed by atoms with Crippen molar-refractivity contribution >= 4 is 11.6 Å². The maximum absolute atomic E-state index is 8.85. The lowest BCUT2D eigenvalue weighted by Gasteiger charge is -2.30. The van der Waals surface area contributed by atoms with Gasteiger partial charge in [0, 0.05) is 24.7 Å². The molecule has 0 spiro atoms. The minimum Gasteiger partial charge on any atom is -0.476 e. The summed E-state index contributed by atoms with van der Waals surface area (Å²) < 4.78 is 5.57. The first-order valence-electron chi connectivity index (χ1n) is 6.40. The normalized spacial score (nSPS) is 11.1. The van der Waals surface area contributed by atoms with Crippen LogP contribution < -0.4 is 4.74 Å². The van der Waals surface area contributed by atoms with Gasteiger partial charge in [0.25, 0.3) is 0 Å². The predicted octanol–water partition coefficient (Wildman–Crippen LogP) is 3.10. The fourth-order valence-corrected chi connectivity index (χ4v) is 2.18. The standard InChI is InChI=1S/C14H20ClN3O/c1-10(2)18(11(3)4)5-6-19-14-8-12(9-16)7-13(15)17-14/h7-8,10-11H,5-6H2,1-4H3. The number of pyridine rings is 1. The molecule has 0 aromatic carbocycles. The van der Waals surface area contributed by atoms with Crippen LogP contribution in [0.3, 0.4) is 0 Å². The van der Waals surface area contributed by atoms with Gasteiger partial charge in [0.1, 0.15) is 11.8 Å². The van der Waals surface area contributed by atoms with Crippen molar-refractivity contribution in [3.8, 4) is 11.9 Å². The lowest BCUT2D eigenvalue weighted by Crippen LogP contribution is -2.39. The van der Waals surface area contributed by atoms with E-state index >= 15 is 0 Å². The van der Waals surface area contributed by atoms with Gasteiger partial charge in [-0.15, -0.1) is 0 Å². The highest BCUT2D eigenvalue weighted by Gasteiger charge is 2.13. The van der Waals surface area contributed by atoms with Crippen LogP contribution in [-0.2, 0) is 0 Å². The highest BCUT2D eigenvalue weighted by molar-refractivity contribution is 6.29. The van der Waals surface area contributed by atoms with Gasteiger partial charge >= 0.3 is 0 Å². The third-order valence-corrected chi connectivity index (χ3v) is 3.02. The maximum Gasteiger partial charge on any atom is 0.216 e. The molecule has 0 radical (unpaired) electrons. The Hall–Kier alpha value is -1.31. The summed E-state index contributed by atoms with van der Waals surface area (Å²) in [6.45, 7) is 9.97. The number of ether oxygens (including phenoxy) is 1. The second-order valence-corrected chi connectivity index (χ2v) is 5.29. The topological polar surface area (TPSA) is 49.1 Å². The molecule has 0 N–H and O–H groups in total. The summed E-state index contributed by atoms with van der Waals surface area (Å²) in [6.07, 6.45) is 0. The summed E-state index contributed by atoms with van der Waals surface area (Å²) in [5.74, 6) is 0.400. The van der Waals surface area contributed by atoms with E-state index in [1.807, 2.05) is 6.07 Å². The monoisotopic (exact) mass is 281 g/mol. The minimum atomic E-state index is 0.277. The summed E-state index contributed by atoms with van der Waals surface area (Å²) in [6, 6.07) is 6.07. The Morgan fingerprint density at radius 2 is 1.95 bits per heavy atom. The molecule has 0 atom stereocenters. The van der Waals surface area contributed by atoms with E-state index < -0.39 is 0 Å². The van der Waals surface area contributed by atoms with Gasteiger partial charge in [-0.2, -0.15) is 5.26 Å². The molecule has 0 bridgehead atoms. The average Bonchev–Trinajstić information content (AvgIpc) is 2.32. The van der Waals surface area contributed by atoms with E-state index in [0.29, 0.717) is 30.1 Å². The fraction of sp³-hybridized carbons (Fsp3) is 0.571. The Balaban J connectivity index is 2.58. The van der Waals surface area contributed by atoms with Crippen LogP contribution in [0.2, 0.25) is 5.15 Å². The van der Waals surface area contributed by atoms with E-state index in [2.05, 4.69) is 37.6 Å². The maximum atomic E-state index is 8.85. The minimum absolute atomic E-state index is 0.277. The zero-order valence-corrected chi connectivity index (χ0v) is 12.6. The van der Waals surface area contributed by atoms with Gasteiger partial charge in [0.15, 0.2) is 0 Å². The van der Waals surface area contributed by atoms with E-state index in [9.17, 15) is 0 Å². The van der Waals surface area contributed by atoms with Crippen molar-refractivity contribution in [2.75, 3.05) is 13.2 Å². The van der Waals surface area contributed by atoms with Gasteiger partial charge in [0.05, 0.1) is 11.6 Å². The zero-order chi connectivity index (χ0) is 14.4. The summed E-state index contributed by atoms with van der Waals surface area (Å²) in [5, 5.41) is 9.12. The number of nitrogens with zero attached hydrogens (tertiary/aromatic N) is 3. The molecule has 1 rings (SSSR count). The molecule has 0 saturated heterocycles. The van der Waals surface area contributed by atoms with Crippen LogP contribution in [0, 0.1) is 11.3 Å². The molecule has 0 aliphatic carbocycles. The van der Waals surface area contributed by atoms with Crippen LogP contribution in [0.4, 0.5) is 0 Å². The number of hydrogen-bond acceptors (Lipinski definition) is 4. The molecule has 0 amide bonds. The van der Waals surface area contributed by atoms with Gasteiger partial charge in [-0.3, -0.25) is 4.90 Å². The van der Waals surface area contributed by atoms with Crippen molar-refractivity contribution in [3.05, 3.63) is 22.8 Å². The number of hydrogen-bond donors (Lipinski definition) is 0. The quantitative estimate of drug-likeness (QED) is 0.752. The second kappa shape index (κ2) is 7.32. The van der Waals surface area contributed by atoms with Crippen molar-refractivity contribution in [1.29, 1.82) is 5.26 Å². The van der Waals surface area contributed by atoms with E-state index in [1.165, 1.54) is 6.07 Å². The lowest BCUT2D eigenvalue weighted by molar-refractivity contribution is 0.140. The number of halogens is 1. The Morgan fingerprint density at radius 1 is 1.32 bits per heavy atom. The van der Waals surface area contributed by atoms with Crippen molar-refractivity contribution in [2.45, 2.75) is 39.8 Å². The first kappa shape index (κ1) is 15.7. The average molecular weight is 282 g/mol. The molecule has 1 heterocycles. The molecule has 1 aromatic heterocycles. The van der Waals surface area contributed by atoms with Crippen LogP contribution in [0.5, 0.6) is 5.88 Å². The molecular formula is C14H20ClN3O. The zero-order valence-electron chi connectivity index (χ0n) is 11.9. The predicted molar refractivity (Wildman–Crippen MR) is 76.4 cm³/mol. The first-order valence-corrected chi connectivity index (χ1v) is 6.78. The Morgan fingerprint density at radius 3 is 2.47 bits per heavy atom. The van der Waals surface area contributed by atoms with E-state index in [0.717, 1.165) is 6.54 Å². The summed E-state index contributed by atoms with van der Waals surface area (Å²) in [7, 11) is 0. The smallest absolute Gasteiger partial charge is 0.216 e. The van der Waals surface area contributed by atoms with Crippen molar-refractivity contribution in [3.63, 3.8) is 0 Å². The SMILES string of the molecule is CC(C)N(CCOc1cc(C#N)cc(Cl)n1)C(C)C. The van der Waals surface area contributed by atoms with Crippen LogP contribution in [-0.4, -0.2) is 35.1 Å². The second-order valence-electron chi connectivity index (χ2n) is 4.90. The molecule has 0 unspecified atom stereocenters. The molecule has 5 heteroatoms. The molecule has 0 aliphatic heterocycles. The molecule has 19 heavy (non-hydrogen) atoms. The van der Waals surface area contributed by atoms with Crippen molar-refractivity contribution in [1.82, 2.24) is 9.88 Å². The molecule has 4 nitrogen and oxygen atoms in total. The van der Waals surface area contributed by atoms with E-state index in [-0.39, 0.29) is 5.15 Å². The molecular weight excluding hydrogens is 262 g/mol. The van der Waals surface area contributed by atoms with Crippen LogP contribution in [0.25, 0.3) is 0 Å². The highest BCUT2D eigenvalue weighted by atomic mass is 35.5. The van der Waals surface area contributed by atoms with Crippen LogP contribution in [0.1, 0.15) is 33.3 Å². The van der Waals surface area contributed by atoms with Gasteiger partial charge in [-0.05, 0) is 33.8 Å².